The van der Waals surface area contributed by atoms with Crippen molar-refractivity contribution in [2.24, 2.45) is 5.92 Å². The fourth-order valence-electron chi connectivity index (χ4n) is 5.01. The third-order valence-corrected chi connectivity index (χ3v) is 6.40. The SMILES string of the molecule is COc1ccc([C@@H]2c3cc(O)ccc3[C@H](c3ccc4c(c3)OCO4)[C@H]2C(=O)O)c(OCCO)c1.[Pr]. The van der Waals surface area contributed by atoms with E-state index in [1.165, 1.54) is 7.11 Å². The first kappa shape index (κ1) is 25.5. The molecule has 3 atom stereocenters. The Hall–Kier alpha value is -2.55. The van der Waals surface area contributed by atoms with E-state index in [1.807, 2.05) is 12.1 Å². The molecule has 0 saturated heterocycles. The largest absolute Gasteiger partial charge is 0.508 e. The maximum atomic E-state index is 12.8. The molecule has 3 aromatic carbocycles. The Bertz CT molecular complexity index is 1240. The molecule has 3 aromatic rings. The van der Waals surface area contributed by atoms with Gasteiger partial charge in [-0.3, -0.25) is 4.79 Å². The number of carboxylic acid groups (broad SMARTS) is 1. The summed E-state index contributed by atoms with van der Waals surface area (Å²) in [6.45, 7) is -0.0275. The van der Waals surface area contributed by atoms with E-state index in [9.17, 15) is 20.1 Å². The molecular formula is C26H24O8Pr. The van der Waals surface area contributed by atoms with Gasteiger partial charge in [0.05, 0.1) is 19.6 Å². The molecule has 9 heteroatoms. The van der Waals surface area contributed by atoms with Crippen LogP contribution in [0.1, 0.15) is 34.1 Å². The van der Waals surface area contributed by atoms with E-state index in [0.29, 0.717) is 34.1 Å². The van der Waals surface area contributed by atoms with Crippen molar-refractivity contribution in [3.8, 4) is 28.7 Å². The van der Waals surface area contributed by atoms with Gasteiger partial charge in [-0.15, -0.1) is 0 Å². The van der Waals surface area contributed by atoms with Gasteiger partial charge in [-0.1, -0.05) is 18.2 Å². The number of hydrogen-bond acceptors (Lipinski definition) is 7. The van der Waals surface area contributed by atoms with Crippen LogP contribution in [0.5, 0.6) is 28.7 Å². The second kappa shape index (κ2) is 10.6. The normalized spacial score (nSPS) is 19.5. The number of aromatic hydroxyl groups is 1. The van der Waals surface area contributed by atoms with E-state index >= 15 is 0 Å². The molecule has 0 saturated carbocycles. The van der Waals surface area contributed by atoms with Crippen LogP contribution < -0.4 is 18.9 Å². The minimum absolute atomic E-state index is 0. The third-order valence-electron chi connectivity index (χ3n) is 6.40. The first-order chi connectivity index (χ1) is 16.5. The fourth-order valence-corrected chi connectivity index (χ4v) is 5.01. The summed E-state index contributed by atoms with van der Waals surface area (Å²) in [6.07, 6.45) is 0. The van der Waals surface area contributed by atoms with E-state index in [4.69, 9.17) is 18.9 Å². The van der Waals surface area contributed by atoms with Crippen LogP contribution in [0.15, 0.2) is 54.6 Å². The van der Waals surface area contributed by atoms with Crippen LogP contribution in [0.4, 0.5) is 0 Å². The monoisotopic (exact) mass is 605 g/mol. The van der Waals surface area contributed by atoms with Crippen LogP contribution in [-0.4, -0.2) is 48.4 Å². The van der Waals surface area contributed by atoms with Crippen LogP contribution >= 0.6 is 0 Å². The van der Waals surface area contributed by atoms with E-state index < -0.39 is 23.7 Å². The molecule has 8 nitrogen and oxygen atoms in total. The van der Waals surface area contributed by atoms with Crippen molar-refractivity contribution in [1.29, 1.82) is 0 Å². The first-order valence-corrected chi connectivity index (χ1v) is 10.9. The molecule has 179 valence electrons. The summed E-state index contributed by atoms with van der Waals surface area (Å²) in [5.74, 6) is -0.780. The van der Waals surface area contributed by atoms with Crippen molar-refractivity contribution in [2.45, 2.75) is 11.8 Å². The molecule has 35 heavy (non-hydrogen) atoms. The van der Waals surface area contributed by atoms with Crippen LogP contribution in [0.2, 0.25) is 0 Å². The van der Waals surface area contributed by atoms with Crippen molar-refractivity contribution in [3.63, 3.8) is 0 Å². The molecule has 0 unspecified atom stereocenters. The number of aliphatic hydroxyl groups excluding tert-OH is 1. The number of fused-ring (bicyclic) bond motifs is 2. The van der Waals surface area contributed by atoms with Gasteiger partial charge in [0.15, 0.2) is 11.5 Å². The maximum Gasteiger partial charge on any atom is 0.308 e. The van der Waals surface area contributed by atoms with Gasteiger partial charge in [0, 0.05) is 64.8 Å². The van der Waals surface area contributed by atoms with Gasteiger partial charge >= 0.3 is 5.97 Å². The Morgan fingerprint density at radius 2 is 1.74 bits per heavy atom. The van der Waals surface area contributed by atoms with Crippen molar-refractivity contribution in [1.82, 2.24) is 0 Å². The number of aliphatic carboxylic acids is 1. The minimum atomic E-state index is -0.979. The van der Waals surface area contributed by atoms with E-state index in [1.54, 1.807) is 42.5 Å². The van der Waals surface area contributed by atoms with Gasteiger partial charge in [-0.25, -0.2) is 0 Å². The molecule has 1 aliphatic carbocycles. The molecule has 0 spiro atoms. The molecule has 2 aliphatic rings. The maximum absolute atomic E-state index is 12.8. The van der Waals surface area contributed by atoms with Gasteiger partial charge in [0.25, 0.3) is 0 Å². The number of aliphatic hydroxyl groups is 1. The van der Waals surface area contributed by atoms with Gasteiger partial charge < -0.3 is 34.3 Å². The molecule has 1 heterocycles. The summed E-state index contributed by atoms with van der Waals surface area (Å²) in [4.78, 5) is 12.8. The average Bonchev–Trinajstić information content (AvgIpc) is 3.44. The standard InChI is InChI=1S/C26H24O8.Pr/c1-31-16-4-6-18(21(12-16)32-9-8-27)24-19-11-15(28)3-5-17(19)23(25(24)26(29)30)14-2-7-20-22(10-14)34-13-33-20;/h2-7,10-12,23-25,27-28H,8-9,13H2,1H3,(H,29,30);/t23-,24+,25+;/m0./s1. The second-order valence-corrected chi connectivity index (χ2v) is 8.22. The Kier molecular flexibility index (Phi) is 7.74. The number of benzene rings is 3. The molecular weight excluding hydrogens is 581 g/mol. The third kappa shape index (κ3) is 4.67. The molecule has 3 N–H and O–H groups in total. The topological polar surface area (TPSA) is 115 Å². The van der Waals surface area contributed by atoms with E-state index in [-0.39, 0.29) is 67.0 Å². The summed E-state index contributed by atoms with van der Waals surface area (Å²) in [6, 6.07) is 15.6. The summed E-state index contributed by atoms with van der Waals surface area (Å²) in [5.41, 5.74) is 2.92. The Morgan fingerprint density at radius 3 is 2.49 bits per heavy atom. The molecule has 0 amide bonds. The van der Waals surface area contributed by atoms with Crippen molar-refractivity contribution >= 4 is 5.97 Å². The summed E-state index contributed by atoms with van der Waals surface area (Å²) >= 11 is 0. The number of ether oxygens (including phenoxy) is 4. The molecule has 0 fully saturated rings. The Balaban J connectivity index is 0.00000289. The predicted molar refractivity (Wildman–Crippen MR) is 121 cm³/mol. The zero-order valence-electron chi connectivity index (χ0n) is 19.0. The number of rotatable bonds is 7. The average molecular weight is 605 g/mol. The smallest absolute Gasteiger partial charge is 0.308 e. The van der Waals surface area contributed by atoms with Crippen LogP contribution in [0.25, 0.3) is 0 Å². The van der Waals surface area contributed by atoms with Crippen molar-refractivity contribution < 1.29 is 80.4 Å². The summed E-state index contributed by atoms with van der Waals surface area (Å²) < 4.78 is 22.1. The zero-order chi connectivity index (χ0) is 23.8. The second-order valence-electron chi connectivity index (χ2n) is 8.22. The number of carbonyl (C=O) groups is 1. The Morgan fingerprint density at radius 1 is 0.971 bits per heavy atom. The van der Waals surface area contributed by atoms with Crippen LogP contribution in [-0.2, 0) is 4.79 Å². The van der Waals surface area contributed by atoms with Gasteiger partial charge in [0.2, 0.25) is 6.79 Å². The molecule has 0 aromatic heterocycles. The molecule has 1 aliphatic heterocycles. The van der Waals surface area contributed by atoms with Gasteiger partial charge in [-0.05, 0) is 47.0 Å². The Labute approximate surface area is 235 Å². The summed E-state index contributed by atoms with van der Waals surface area (Å²) in [7, 11) is 1.53. The number of phenolic OH excluding ortho intramolecular Hbond substituents is 1. The van der Waals surface area contributed by atoms with E-state index in [0.717, 1.165) is 11.1 Å². The summed E-state index contributed by atoms with van der Waals surface area (Å²) in [5, 5.41) is 30.1. The van der Waals surface area contributed by atoms with Crippen LogP contribution in [0, 0.1) is 47.2 Å². The molecule has 5 rings (SSSR count). The van der Waals surface area contributed by atoms with Gasteiger partial charge in [-0.2, -0.15) is 0 Å². The zero-order valence-corrected chi connectivity index (χ0v) is 22.7. The molecule has 1 radical (unpaired) electrons. The van der Waals surface area contributed by atoms with E-state index in [2.05, 4.69) is 0 Å². The minimum Gasteiger partial charge on any atom is -0.508 e. The number of hydrogen-bond donors (Lipinski definition) is 3. The van der Waals surface area contributed by atoms with Crippen molar-refractivity contribution in [3.05, 3.63) is 76.9 Å². The van der Waals surface area contributed by atoms with Crippen molar-refractivity contribution in [2.75, 3.05) is 27.1 Å². The molecule has 0 bridgehead atoms. The predicted octanol–water partition coefficient (Wildman–Crippen LogP) is 3.48. The first-order valence-electron chi connectivity index (χ1n) is 10.9. The van der Waals surface area contributed by atoms with Gasteiger partial charge in [0.1, 0.15) is 23.9 Å². The number of methoxy groups -OCH3 is 1. The fraction of sp³-hybridized carbons (Fsp3) is 0.269. The van der Waals surface area contributed by atoms with Crippen LogP contribution in [0.3, 0.4) is 0 Å². The number of phenols is 1. The quantitative estimate of drug-likeness (QED) is 0.376. The number of carboxylic acids is 1.